The molecule has 2 aromatic rings. The van der Waals surface area contributed by atoms with Gasteiger partial charge < -0.3 is 20.1 Å². The van der Waals surface area contributed by atoms with Gasteiger partial charge in [0.1, 0.15) is 18.5 Å². The van der Waals surface area contributed by atoms with E-state index in [1.807, 2.05) is 24.5 Å². The fourth-order valence-corrected chi connectivity index (χ4v) is 2.92. The van der Waals surface area contributed by atoms with E-state index in [4.69, 9.17) is 4.74 Å². The summed E-state index contributed by atoms with van der Waals surface area (Å²) in [5.74, 6) is 0.779. The number of nitrogens with zero attached hydrogens (tertiary/aromatic N) is 2. The molecular weight excluding hydrogens is 302 g/mol. The van der Waals surface area contributed by atoms with Gasteiger partial charge in [-0.05, 0) is 29.3 Å². The van der Waals surface area contributed by atoms with Crippen molar-refractivity contribution in [3.63, 3.8) is 0 Å². The Morgan fingerprint density at radius 2 is 2.12 bits per heavy atom. The first-order valence-electron chi connectivity index (χ1n) is 8.37. The minimum absolute atomic E-state index is 0.280. The molecule has 1 aliphatic rings. The first-order valence-corrected chi connectivity index (χ1v) is 8.37. The summed E-state index contributed by atoms with van der Waals surface area (Å²) in [7, 11) is 2.07. The van der Waals surface area contributed by atoms with Gasteiger partial charge in [-0.2, -0.15) is 0 Å². The van der Waals surface area contributed by atoms with Gasteiger partial charge in [0.05, 0.1) is 0 Å². The third kappa shape index (κ3) is 3.68. The highest BCUT2D eigenvalue weighted by atomic mass is 16.5. The van der Waals surface area contributed by atoms with Crippen LogP contribution in [0, 0.1) is 0 Å². The Bertz CT molecular complexity index is 703. The van der Waals surface area contributed by atoms with Gasteiger partial charge in [-0.1, -0.05) is 13.8 Å². The van der Waals surface area contributed by atoms with Crippen molar-refractivity contribution in [1.29, 1.82) is 0 Å². The molecule has 0 saturated carbocycles. The summed E-state index contributed by atoms with van der Waals surface area (Å²) in [5.41, 5.74) is 4.79. The first kappa shape index (κ1) is 16.7. The van der Waals surface area contributed by atoms with Crippen LogP contribution in [0.15, 0.2) is 36.7 Å². The number of aliphatic hydroxyl groups excluding tert-OH is 1. The molecular formula is C19H25N3O2. The van der Waals surface area contributed by atoms with Crippen molar-refractivity contribution in [3.05, 3.63) is 42.2 Å². The Morgan fingerprint density at radius 1 is 1.29 bits per heavy atom. The quantitative estimate of drug-likeness (QED) is 0.853. The van der Waals surface area contributed by atoms with Crippen molar-refractivity contribution < 1.29 is 9.84 Å². The van der Waals surface area contributed by atoms with Gasteiger partial charge in [0.25, 0.3) is 0 Å². The zero-order valence-corrected chi connectivity index (χ0v) is 14.5. The van der Waals surface area contributed by atoms with Gasteiger partial charge in [0.2, 0.25) is 0 Å². The third-order valence-corrected chi connectivity index (χ3v) is 4.19. The summed E-state index contributed by atoms with van der Waals surface area (Å²) in [6.45, 7) is 5.76. The van der Waals surface area contributed by atoms with Crippen molar-refractivity contribution in [3.8, 4) is 16.9 Å². The largest absolute Gasteiger partial charge is 0.491 e. The zero-order valence-electron chi connectivity index (χ0n) is 14.5. The maximum Gasteiger partial charge on any atom is 0.121 e. The van der Waals surface area contributed by atoms with Gasteiger partial charge in [-0.15, -0.1) is 0 Å². The van der Waals surface area contributed by atoms with Crippen molar-refractivity contribution in [1.82, 2.24) is 10.3 Å². The van der Waals surface area contributed by atoms with E-state index in [1.165, 1.54) is 16.7 Å². The number of nitrogens with one attached hydrogen (secondary N) is 1. The predicted octanol–water partition coefficient (Wildman–Crippen LogP) is 2.44. The van der Waals surface area contributed by atoms with E-state index in [-0.39, 0.29) is 6.61 Å². The van der Waals surface area contributed by atoms with E-state index in [1.54, 1.807) is 0 Å². The summed E-state index contributed by atoms with van der Waals surface area (Å²) in [6.07, 6.45) is 3.24. The topological polar surface area (TPSA) is 57.6 Å². The van der Waals surface area contributed by atoms with Crippen LogP contribution < -0.4 is 15.0 Å². The molecule has 1 atom stereocenters. The minimum Gasteiger partial charge on any atom is -0.491 e. The maximum absolute atomic E-state index is 9.98. The van der Waals surface area contributed by atoms with Crippen LogP contribution in [-0.2, 0) is 6.54 Å². The Balaban J connectivity index is 1.72. The van der Waals surface area contributed by atoms with Gasteiger partial charge in [0, 0.05) is 55.9 Å². The number of benzene rings is 1. The third-order valence-electron chi connectivity index (χ3n) is 4.19. The highest BCUT2D eigenvalue weighted by Crippen LogP contribution is 2.39. The minimum atomic E-state index is -0.520. The number of aromatic nitrogens is 1. The Morgan fingerprint density at radius 3 is 2.92 bits per heavy atom. The number of fused-ring (bicyclic) bond motifs is 3. The Labute approximate surface area is 143 Å². The van der Waals surface area contributed by atoms with Crippen molar-refractivity contribution in [2.75, 3.05) is 25.1 Å². The standard InChI is InChI=1S/C19H25N3O2/c1-13(2)21-10-15(23)12-24-16-4-5-18-17-6-7-20-9-14(17)11-22(3)19(18)8-16/h4-9,13,15,21,23H,10-12H2,1-3H3. The fourth-order valence-electron chi connectivity index (χ4n) is 2.92. The lowest BCUT2D eigenvalue weighted by molar-refractivity contribution is 0.104. The Hall–Kier alpha value is -2.11. The number of pyridine rings is 1. The molecule has 5 nitrogen and oxygen atoms in total. The molecule has 2 N–H and O–H groups in total. The molecule has 2 heterocycles. The molecule has 1 aliphatic heterocycles. The molecule has 1 unspecified atom stereocenters. The molecule has 0 saturated heterocycles. The molecule has 5 heteroatoms. The monoisotopic (exact) mass is 327 g/mol. The van der Waals surface area contributed by atoms with Crippen LogP contribution in [0.4, 0.5) is 5.69 Å². The van der Waals surface area contributed by atoms with Crippen LogP contribution in [0.3, 0.4) is 0 Å². The van der Waals surface area contributed by atoms with E-state index in [9.17, 15) is 5.11 Å². The lowest BCUT2D eigenvalue weighted by atomic mass is 9.95. The van der Waals surface area contributed by atoms with E-state index in [0.29, 0.717) is 12.6 Å². The SMILES string of the molecule is CC(C)NCC(O)COc1ccc2c(c1)N(C)Cc1cnccc1-2. The number of ether oxygens (including phenoxy) is 1. The molecule has 3 rings (SSSR count). The second kappa shape index (κ2) is 7.20. The molecule has 1 aromatic carbocycles. The first-order chi connectivity index (χ1) is 11.5. The lowest BCUT2D eigenvalue weighted by Crippen LogP contribution is -2.35. The van der Waals surface area contributed by atoms with Gasteiger partial charge in [-0.25, -0.2) is 0 Å². The molecule has 0 amide bonds. The van der Waals surface area contributed by atoms with Gasteiger partial charge >= 0.3 is 0 Å². The van der Waals surface area contributed by atoms with Crippen LogP contribution in [0.25, 0.3) is 11.1 Å². The second-order valence-electron chi connectivity index (χ2n) is 6.60. The van der Waals surface area contributed by atoms with Gasteiger partial charge in [0.15, 0.2) is 0 Å². The fraction of sp³-hybridized carbons (Fsp3) is 0.421. The highest BCUT2D eigenvalue weighted by Gasteiger charge is 2.20. The molecule has 0 spiro atoms. The van der Waals surface area contributed by atoms with Crippen molar-refractivity contribution in [2.45, 2.75) is 32.5 Å². The number of rotatable bonds is 6. The predicted molar refractivity (Wildman–Crippen MR) is 96.4 cm³/mol. The van der Waals surface area contributed by atoms with Crippen LogP contribution in [0.5, 0.6) is 5.75 Å². The van der Waals surface area contributed by atoms with E-state index >= 15 is 0 Å². The second-order valence-corrected chi connectivity index (χ2v) is 6.60. The summed E-state index contributed by atoms with van der Waals surface area (Å²) >= 11 is 0. The lowest BCUT2D eigenvalue weighted by Gasteiger charge is -2.29. The Kier molecular flexibility index (Phi) is 5.02. The molecule has 0 radical (unpaired) electrons. The summed E-state index contributed by atoms with van der Waals surface area (Å²) < 4.78 is 5.77. The zero-order chi connectivity index (χ0) is 17.1. The van der Waals surface area contributed by atoms with Crippen molar-refractivity contribution >= 4 is 5.69 Å². The summed E-state index contributed by atoms with van der Waals surface area (Å²) in [5, 5.41) is 13.2. The van der Waals surface area contributed by atoms with Crippen LogP contribution in [0.1, 0.15) is 19.4 Å². The molecule has 0 bridgehead atoms. The van der Waals surface area contributed by atoms with Gasteiger partial charge in [-0.3, -0.25) is 4.98 Å². The molecule has 24 heavy (non-hydrogen) atoms. The average Bonchev–Trinajstić information content (AvgIpc) is 2.58. The number of hydrogen-bond donors (Lipinski definition) is 2. The van der Waals surface area contributed by atoms with E-state index < -0.39 is 6.10 Å². The summed E-state index contributed by atoms with van der Waals surface area (Å²) in [6, 6.07) is 8.50. The molecule has 0 fully saturated rings. The normalized spacial score (nSPS) is 14.3. The van der Waals surface area contributed by atoms with Crippen LogP contribution in [-0.4, -0.2) is 42.4 Å². The average molecular weight is 327 g/mol. The maximum atomic E-state index is 9.98. The number of hydrogen-bond acceptors (Lipinski definition) is 5. The highest BCUT2D eigenvalue weighted by molar-refractivity contribution is 5.84. The summed E-state index contributed by atoms with van der Waals surface area (Å²) in [4.78, 5) is 6.41. The van der Waals surface area contributed by atoms with E-state index in [0.717, 1.165) is 18.0 Å². The van der Waals surface area contributed by atoms with Crippen LogP contribution in [0.2, 0.25) is 0 Å². The number of anilines is 1. The smallest absolute Gasteiger partial charge is 0.121 e. The molecule has 128 valence electrons. The van der Waals surface area contributed by atoms with E-state index in [2.05, 4.69) is 48.2 Å². The van der Waals surface area contributed by atoms with Crippen molar-refractivity contribution in [2.24, 2.45) is 0 Å². The molecule has 1 aromatic heterocycles. The van der Waals surface area contributed by atoms with Crippen LogP contribution >= 0.6 is 0 Å². The number of aliphatic hydroxyl groups is 1. The molecule has 0 aliphatic carbocycles.